The van der Waals surface area contributed by atoms with E-state index in [-0.39, 0.29) is 6.03 Å². The number of nitrogens with one attached hydrogen (secondary N) is 1. The van der Waals surface area contributed by atoms with Crippen LogP contribution in [-0.2, 0) is 0 Å². The number of hydrogen-bond acceptors (Lipinski definition) is 3. The number of para-hydroxylation sites is 1. The van der Waals surface area contributed by atoms with Crippen molar-refractivity contribution in [2.45, 2.75) is 0 Å². The number of urea groups is 1. The van der Waals surface area contributed by atoms with Gasteiger partial charge in [0.1, 0.15) is 6.07 Å². The number of carbonyl (C=O) groups excluding carboxylic acids is 1. The van der Waals surface area contributed by atoms with Gasteiger partial charge < -0.3 is 10.2 Å². The molecule has 1 aromatic rings. The van der Waals surface area contributed by atoms with Gasteiger partial charge in [0.05, 0.1) is 11.3 Å². The molecule has 1 N–H and O–H groups in total. The lowest BCUT2D eigenvalue weighted by Gasteiger charge is -2.19. The van der Waals surface area contributed by atoms with Crippen LogP contribution in [0.1, 0.15) is 5.56 Å². The van der Waals surface area contributed by atoms with E-state index >= 15 is 0 Å². The van der Waals surface area contributed by atoms with Crippen molar-refractivity contribution < 1.29 is 4.79 Å². The van der Waals surface area contributed by atoms with E-state index < -0.39 is 0 Å². The highest BCUT2D eigenvalue weighted by atomic mass is 16.2. The van der Waals surface area contributed by atoms with E-state index in [4.69, 9.17) is 5.26 Å². The Kier molecular flexibility index (Phi) is 3.80. The fourth-order valence-electron chi connectivity index (χ4n) is 2.06. The summed E-state index contributed by atoms with van der Waals surface area (Å²) in [5, 5.41) is 12.1. The Balaban J connectivity index is 2.16. The van der Waals surface area contributed by atoms with Gasteiger partial charge in [-0.05, 0) is 19.2 Å². The molecule has 0 unspecified atom stereocenters. The number of rotatable bonds is 4. The molecule has 2 rings (SSSR count). The van der Waals surface area contributed by atoms with Crippen molar-refractivity contribution in [1.29, 1.82) is 5.26 Å². The highest BCUT2D eigenvalue weighted by Crippen LogP contribution is 2.23. The van der Waals surface area contributed by atoms with Crippen LogP contribution in [-0.4, -0.2) is 44.2 Å². The van der Waals surface area contributed by atoms with Gasteiger partial charge in [-0.1, -0.05) is 12.1 Å². The second-order valence-electron chi connectivity index (χ2n) is 4.15. The van der Waals surface area contributed by atoms with Gasteiger partial charge in [0, 0.05) is 26.2 Å². The summed E-state index contributed by atoms with van der Waals surface area (Å²) >= 11 is 0. The normalized spacial score (nSPS) is 15.0. The smallest absolute Gasteiger partial charge is 0.321 e. The molecule has 18 heavy (non-hydrogen) atoms. The summed E-state index contributed by atoms with van der Waals surface area (Å²) in [6.45, 7) is 2.82. The Hall–Kier alpha value is -2.06. The highest BCUT2D eigenvalue weighted by molar-refractivity contribution is 5.95. The molecule has 0 aromatic heterocycles. The number of likely N-dealkylation sites (N-methyl/N-ethyl adjacent to an activating group) is 1. The van der Waals surface area contributed by atoms with E-state index in [0.717, 1.165) is 6.54 Å². The van der Waals surface area contributed by atoms with Gasteiger partial charge in [0.15, 0.2) is 0 Å². The largest absolute Gasteiger partial charge is 0.324 e. The maximum Gasteiger partial charge on any atom is 0.324 e. The maximum absolute atomic E-state index is 12.2. The fraction of sp³-hybridized carbons (Fsp3) is 0.385. The average Bonchev–Trinajstić information content (AvgIpc) is 2.77. The molecule has 0 bridgehead atoms. The van der Waals surface area contributed by atoms with E-state index in [1.807, 2.05) is 19.2 Å². The number of benzene rings is 1. The van der Waals surface area contributed by atoms with Crippen LogP contribution in [0, 0.1) is 11.3 Å². The highest BCUT2D eigenvalue weighted by Gasteiger charge is 2.30. The minimum absolute atomic E-state index is 0.0204. The number of hydrogen-bond donors (Lipinski definition) is 1. The quantitative estimate of drug-likeness (QED) is 0.860. The molecule has 5 heteroatoms. The van der Waals surface area contributed by atoms with Crippen LogP contribution in [0.15, 0.2) is 24.3 Å². The van der Waals surface area contributed by atoms with Crippen molar-refractivity contribution in [1.82, 2.24) is 10.2 Å². The number of carbonyl (C=O) groups is 1. The number of nitriles is 1. The minimum Gasteiger partial charge on any atom is -0.321 e. The summed E-state index contributed by atoms with van der Waals surface area (Å²) in [6, 6.07) is 9.31. The third-order valence-electron chi connectivity index (χ3n) is 3.04. The van der Waals surface area contributed by atoms with E-state index in [1.165, 1.54) is 0 Å². The molecule has 0 saturated carbocycles. The first kappa shape index (κ1) is 12.4. The molecule has 0 atom stereocenters. The van der Waals surface area contributed by atoms with Gasteiger partial charge in [-0.3, -0.25) is 4.90 Å². The zero-order valence-electron chi connectivity index (χ0n) is 10.4. The van der Waals surface area contributed by atoms with Gasteiger partial charge in [-0.25, -0.2) is 4.79 Å². The van der Waals surface area contributed by atoms with Gasteiger partial charge >= 0.3 is 6.03 Å². The van der Waals surface area contributed by atoms with Crippen LogP contribution in [0.25, 0.3) is 0 Å². The summed E-state index contributed by atoms with van der Waals surface area (Å²) in [7, 11) is 1.86. The van der Waals surface area contributed by atoms with Crippen molar-refractivity contribution in [2.75, 3.05) is 38.1 Å². The molecule has 5 nitrogen and oxygen atoms in total. The summed E-state index contributed by atoms with van der Waals surface area (Å²) in [4.78, 5) is 15.7. The Morgan fingerprint density at radius 1 is 1.39 bits per heavy atom. The first-order valence-corrected chi connectivity index (χ1v) is 5.98. The molecule has 1 heterocycles. The third kappa shape index (κ3) is 2.29. The van der Waals surface area contributed by atoms with Crippen molar-refractivity contribution in [3.05, 3.63) is 29.8 Å². The first-order valence-electron chi connectivity index (χ1n) is 5.98. The molecule has 1 aromatic carbocycles. The van der Waals surface area contributed by atoms with Crippen molar-refractivity contribution >= 4 is 11.7 Å². The number of anilines is 1. The lowest BCUT2D eigenvalue weighted by atomic mass is 10.2. The Labute approximate surface area is 107 Å². The summed E-state index contributed by atoms with van der Waals surface area (Å²) in [5.41, 5.74) is 1.25. The molecule has 0 radical (unpaired) electrons. The van der Waals surface area contributed by atoms with Gasteiger partial charge in [-0.2, -0.15) is 5.26 Å². The first-order chi connectivity index (χ1) is 8.77. The van der Waals surface area contributed by atoms with Crippen LogP contribution in [0.2, 0.25) is 0 Å². The van der Waals surface area contributed by atoms with Gasteiger partial charge in [-0.15, -0.1) is 0 Å². The standard InChI is InChI=1S/C13H16N4O/c1-15-6-7-16-8-9-17(13(16)18)12-5-3-2-4-11(12)10-14/h2-5,15H,6-9H2,1H3. The van der Waals surface area contributed by atoms with Crippen LogP contribution in [0.5, 0.6) is 0 Å². The molecule has 1 aliphatic heterocycles. The predicted octanol–water partition coefficient (Wildman–Crippen LogP) is 1.02. The molecule has 2 amide bonds. The van der Waals surface area contributed by atoms with E-state index in [0.29, 0.717) is 30.9 Å². The van der Waals surface area contributed by atoms with E-state index in [9.17, 15) is 4.79 Å². The molecule has 1 fully saturated rings. The van der Waals surface area contributed by atoms with Crippen LogP contribution in [0.4, 0.5) is 10.5 Å². The fourth-order valence-corrected chi connectivity index (χ4v) is 2.06. The Morgan fingerprint density at radius 3 is 2.89 bits per heavy atom. The molecule has 1 aliphatic rings. The third-order valence-corrected chi connectivity index (χ3v) is 3.04. The van der Waals surface area contributed by atoms with Crippen LogP contribution in [0.3, 0.4) is 0 Å². The Morgan fingerprint density at radius 2 is 2.17 bits per heavy atom. The Bertz CT molecular complexity index is 480. The van der Waals surface area contributed by atoms with Crippen LogP contribution >= 0.6 is 0 Å². The maximum atomic E-state index is 12.2. The zero-order valence-corrected chi connectivity index (χ0v) is 10.4. The monoisotopic (exact) mass is 244 g/mol. The molecular formula is C13H16N4O. The molecule has 0 spiro atoms. The van der Waals surface area contributed by atoms with Crippen molar-refractivity contribution in [3.8, 4) is 6.07 Å². The van der Waals surface area contributed by atoms with Gasteiger partial charge in [0.2, 0.25) is 0 Å². The number of nitrogens with zero attached hydrogens (tertiary/aromatic N) is 3. The van der Waals surface area contributed by atoms with Gasteiger partial charge in [0.25, 0.3) is 0 Å². The topological polar surface area (TPSA) is 59.4 Å². The SMILES string of the molecule is CNCCN1CCN(c2ccccc2C#N)C1=O. The lowest BCUT2D eigenvalue weighted by molar-refractivity contribution is 0.221. The number of amides is 2. The zero-order chi connectivity index (χ0) is 13.0. The van der Waals surface area contributed by atoms with E-state index in [1.54, 1.807) is 21.9 Å². The summed E-state index contributed by atoms with van der Waals surface area (Å²) in [6.07, 6.45) is 0. The minimum atomic E-state index is -0.0204. The molecular weight excluding hydrogens is 228 g/mol. The van der Waals surface area contributed by atoms with E-state index in [2.05, 4.69) is 11.4 Å². The van der Waals surface area contributed by atoms with Crippen molar-refractivity contribution in [3.63, 3.8) is 0 Å². The molecule has 1 saturated heterocycles. The lowest BCUT2D eigenvalue weighted by Crippen LogP contribution is -2.35. The second kappa shape index (κ2) is 5.52. The predicted molar refractivity (Wildman–Crippen MR) is 69.4 cm³/mol. The van der Waals surface area contributed by atoms with Crippen LogP contribution < -0.4 is 10.2 Å². The average molecular weight is 244 g/mol. The van der Waals surface area contributed by atoms with Crippen molar-refractivity contribution in [2.24, 2.45) is 0 Å². The molecule has 94 valence electrons. The molecule has 0 aliphatic carbocycles. The summed E-state index contributed by atoms with van der Waals surface area (Å²) in [5.74, 6) is 0. The second-order valence-corrected chi connectivity index (χ2v) is 4.15. The summed E-state index contributed by atoms with van der Waals surface area (Å²) < 4.78 is 0.